The van der Waals surface area contributed by atoms with Crippen molar-refractivity contribution in [1.29, 1.82) is 0 Å². The number of hydrogen-bond donors (Lipinski definition) is 4. The summed E-state index contributed by atoms with van der Waals surface area (Å²) in [6.45, 7) is 0.818. The highest BCUT2D eigenvalue weighted by Gasteiger charge is 2.36. The lowest BCUT2D eigenvalue weighted by Crippen LogP contribution is -2.37. The van der Waals surface area contributed by atoms with Crippen LogP contribution in [0.25, 0.3) is 0 Å². The van der Waals surface area contributed by atoms with E-state index in [1.54, 1.807) is 10.9 Å². The van der Waals surface area contributed by atoms with E-state index in [0.717, 1.165) is 32.1 Å². The third kappa shape index (κ3) is 2.58. The molecule has 0 unspecified atom stereocenters. The molecule has 0 spiro atoms. The molecule has 2 heterocycles. The van der Waals surface area contributed by atoms with Crippen LogP contribution >= 0.6 is 0 Å². The van der Waals surface area contributed by atoms with Crippen molar-refractivity contribution in [2.75, 3.05) is 6.54 Å². The predicted molar refractivity (Wildman–Crippen MR) is 70.8 cm³/mol. The van der Waals surface area contributed by atoms with Gasteiger partial charge in [-0.1, -0.05) is 24.5 Å². The molecule has 1 aliphatic heterocycles. The van der Waals surface area contributed by atoms with Crippen LogP contribution in [0, 0.1) is 0 Å². The van der Waals surface area contributed by atoms with Gasteiger partial charge in [0.05, 0.1) is 31.0 Å². The van der Waals surface area contributed by atoms with Crippen LogP contribution in [0.3, 0.4) is 0 Å². The average Bonchev–Trinajstić information content (AvgIpc) is 3.03. The molecule has 2 fully saturated rings. The van der Waals surface area contributed by atoms with Crippen LogP contribution in [-0.4, -0.2) is 55.1 Å². The molecule has 112 valence electrons. The Hall–Kier alpha value is -1.02. The molecule has 0 radical (unpaired) electrons. The van der Waals surface area contributed by atoms with Gasteiger partial charge >= 0.3 is 0 Å². The second kappa shape index (κ2) is 5.40. The van der Waals surface area contributed by atoms with Crippen LogP contribution in [0.2, 0.25) is 0 Å². The quantitative estimate of drug-likeness (QED) is 0.574. The van der Waals surface area contributed by atoms with E-state index < -0.39 is 17.8 Å². The molecule has 0 aromatic carbocycles. The van der Waals surface area contributed by atoms with Crippen LogP contribution in [0.4, 0.5) is 0 Å². The molecule has 2 aliphatic rings. The number of rotatable bonds is 3. The molecule has 1 aromatic heterocycles. The summed E-state index contributed by atoms with van der Waals surface area (Å²) in [5.74, 6) is 0. The first kappa shape index (κ1) is 13.9. The second-order valence-corrected chi connectivity index (χ2v) is 5.99. The summed E-state index contributed by atoms with van der Waals surface area (Å²) in [6, 6.07) is -0.236. The summed E-state index contributed by atoms with van der Waals surface area (Å²) >= 11 is 0. The Bertz CT molecular complexity index is 458. The number of hydrogen-bond acceptors (Lipinski definition) is 6. The van der Waals surface area contributed by atoms with Crippen molar-refractivity contribution < 1.29 is 15.3 Å². The summed E-state index contributed by atoms with van der Waals surface area (Å²) in [5.41, 5.74) is -0.234. The van der Waals surface area contributed by atoms with Crippen LogP contribution in [-0.2, 0) is 12.1 Å². The fraction of sp³-hybridized carbons (Fsp3) is 0.846. The van der Waals surface area contributed by atoms with E-state index in [1.807, 2.05) is 0 Å². The predicted octanol–water partition coefficient (Wildman–Crippen LogP) is -0.877. The van der Waals surface area contributed by atoms with Crippen molar-refractivity contribution in [2.24, 2.45) is 0 Å². The van der Waals surface area contributed by atoms with E-state index in [-0.39, 0.29) is 6.04 Å². The summed E-state index contributed by atoms with van der Waals surface area (Å²) in [7, 11) is 0. The van der Waals surface area contributed by atoms with Gasteiger partial charge < -0.3 is 20.6 Å². The lowest BCUT2D eigenvalue weighted by atomic mass is 9.83. The van der Waals surface area contributed by atoms with Crippen molar-refractivity contribution >= 4 is 0 Å². The van der Waals surface area contributed by atoms with Crippen molar-refractivity contribution in [3.8, 4) is 0 Å². The third-order valence-corrected chi connectivity index (χ3v) is 4.48. The molecule has 3 atom stereocenters. The second-order valence-electron chi connectivity index (χ2n) is 5.99. The number of nitrogens with one attached hydrogen (secondary N) is 1. The molecule has 1 aromatic rings. The molecule has 7 heteroatoms. The van der Waals surface area contributed by atoms with Gasteiger partial charge in [0.1, 0.15) is 11.3 Å². The molecular weight excluding hydrogens is 260 g/mol. The van der Waals surface area contributed by atoms with Gasteiger partial charge in [-0.15, -0.1) is 5.10 Å². The van der Waals surface area contributed by atoms with Gasteiger partial charge in [0.2, 0.25) is 0 Å². The zero-order valence-corrected chi connectivity index (χ0v) is 11.4. The zero-order valence-electron chi connectivity index (χ0n) is 11.4. The lowest BCUT2D eigenvalue weighted by Gasteiger charge is -2.29. The maximum absolute atomic E-state index is 10.6. The van der Waals surface area contributed by atoms with E-state index in [2.05, 4.69) is 15.6 Å². The Morgan fingerprint density at radius 1 is 1.30 bits per heavy atom. The number of β-amino-alcohol motifs (C(OH)–C–C–N with tert-alkyl or cyclic N) is 1. The third-order valence-electron chi connectivity index (χ3n) is 4.48. The zero-order chi connectivity index (χ0) is 14.2. The summed E-state index contributed by atoms with van der Waals surface area (Å²) in [5, 5.41) is 41.1. The summed E-state index contributed by atoms with van der Waals surface area (Å²) in [4.78, 5) is 0. The highest BCUT2D eigenvalue weighted by molar-refractivity contribution is 5.08. The Morgan fingerprint density at radius 2 is 2.05 bits per heavy atom. The maximum atomic E-state index is 10.6. The van der Waals surface area contributed by atoms with Crippen LogP contribution in [0.5, 0.6) is 0 Å². The minimum absolute atomic E-state index is 0.236. The largest absolute Gasteiger partial charge is 0.389 e. The molecule has 1 saturated carbocycles. The normalized spacial score (nSPS) is 33.5. The van der Waals surface area contributed by atoms with Gasteiger partial charge in [0.25, 0.3) is 0 Å². The lowest BCUT2D eigenvalue weighted by molar-refractivity contribution is -0.00476. The topological polar surface area (TPSA) is 103 Å². The van der Waals surface area contributed by atoms with Gasteiger partial charge in [-0.2, -0.15) is 0 Å². The molecule has 20 heavy (non-hydrogen) atoms. The van der Waals surface area contributed by atoms with Crippen molar-refractivity contribution in [1.82, 2.24) is 20.3 Å². The van der Waals surface area contributed by atoms with Crippen molar-refractivity contribution in [2.45, 2.75) is 62.5 Å². The van der Waals surface area contributed by atoms with Crippen LogP contribution in [0.15, 0.2) is 6.20 Å². The van der Waals surface area contributed by atoms with Gasteiger partial charge in [0, 0.05) is 6.54 Å². The van der Waals surface area contributed by atoms with Gasteiger partial charge in [-0.05, 0) is 12.8 Å². The molecule has 7 nitrogen and oxygen atoms in total. The number of aromatic nitrogens is 3. The average molecular weight is 282 g/mol. The number of aliphatic hydroxyl groups excluding tert-OH is 2. The van der Waals surface area contributed by atoms with E-state index in [4.69, 9.17) is 0 Å². The molecule has 3 rings (SSSR count). The maximum Gasteiger partial charge on any atom is 0.114 e. The summed E-state index contributed by atoms with van der Waals surface area (Å²) in [6.07, 6.45) is 4.88. The van der Waals surface area contributed by atoms with E-state index >= 15 is 0 Å². The Morgan fingerprint density at radius 3 is 2.70 bits per heavy atom. The minimum atomic E-state index is -0.849. The first-order chi connectivity index (χ1) is 9.58. The molecule has 0 amide bonds. The highest BCUT2D eigenvalue weighted by Crippen LogP contribution is 2.35. The molecule has 1 saturated heterocycles. The Labute approximate surface area is 117 Å². The fourth-order valence-corrected chi connectivity index (χ4v) is 3.15. The van der Waals surface area contributed by atoms with Gasteiger partial charge in [0.15, 0.2) is 0 Å². The monoisotopic (exact) mass is 282 g/mol. The molecule has 1 aliphatic carbocycles. The minimum Gasteiger partial charge on any atom is -0.389 e. The van der Waals surface area contributed by atoms with E-state index in [0.29, 0.717) is 18.8 Å². The first-order valence-electron chi connectivity index (χ1n) is 7.31. The van der Waals surface area contributed by atoms with Gasteiger partial charge in [-0.25, -0.2) is 0 Å². The Balaban J connectivity index is 1.68. The number of aliphatic hydroxyl groups is 3. The molecule has 4 N–H and O–H groups in total. The highest BCUT2D eigenvalue weighted by atomic mass is 16.3. The number of nitrogens with zero attached hydrogens (tertiary/aromatic N) is 3. The van der Waals surface area contributed by atoms with Crippen molar-refractivity contribution in [3.63, 3.8) is 0 Å². The Kier molecular flexibility index (Phi) is 3.76. The molecule has 0 bridgehead atoms. The van der Waals surface area contributed by atoms with Crippen LogP contribution in [0.1, 0.15) is 37.8 Å². The van der Waals surface area contributed by atoms with E-state index in [9.17, 15) is 15.3 Å². The van der Waals surface area contributed by atoms with Crippen molar-refractivity contribution in [3.05, 3.63) is 11.9 Å². The SMILES string of the molecule is O[C@@H]1[C@H](O)CN[C@H]1Cn1cc(C2(O)CCCCC2)nn1. The van der Waals surface area contributed by atoms with E-state index in [1.165, 1.54) is 0 Å². The van der Waals surface area contributed by atoms with Gasteiger partial charge in [-0.3, -0.25) is 4.68 Å². The molecular formula is C13H22N4O3. The smallest absolute Gasteiger partial charge is 0.114 e. The summed E-state index contributed by atoms with van der Waals surface area (Å²) < 4.78 is 1.63. The first-order valence-corrected chi connectivity index (χ1v) is 7.31. The van der Waals surface area contributed by atoms with Crippen LogP contribution < -0.4 is 5.32 Å². The fourth-order valence-electron chi connectivity index (χ4n) is 3.15. The standard InChI is InChI=1S/C13H22N4O3/c18-10-6-14-9(12(10)19)7-17-8-11(15-16-17)13(20)4-2-1-3-5-13/h8-10,12,14,18-20H,1-7H2/t9-,10+,12-/m0/s1.